The van der Waals surface area contributed by atoms with Gasteiger partial charge in [-0.05, 0) is 39.2 Å². The van der Waals surface area contributed by atoms with Gasteiger partial charge < -0.3 is 19.3 Å². The maximum Gasteiger partial charge on any atom is 0.409 e. The Labute approximate surface area is 188 Å². The van der Waals surface area contributed by atoms with E-state index in [0.717, 1.165) is 5.56 Å². The van der Waals surface area contributed by atoms with E-state index < -0.39 is 0 Å². The van der Waals surface area contributed by atoms with Crippen LogP contribution in [0.3, 0.4) is 0 Å². The third-order valence-corrected chi connectivity index (χ3v) is 6.24. The Morgan fingerprint density at radius 1 is 1.03 bits per heavy atom. The van der Waals surface area contributed by atoms with E-state index in [-0.39, 0.29) is 36.2 Å². The van der Waals surface area contributed by atoms with Crippen LogP contribution in [0.15, 0.2) is 36.0 Å². The van der Waals surface area contributed by atoms with E-state index in [0.29, 0.717) is 56.9 Å². The van der Waals surface area contributed by atoms with Crippen LogP contribution in [0.5, 0.6) is 0 Å². The van der Waals surface area contributed by atoms with Crippen LogP contribution < -0.4 is 0 Å². The second kappa shape index (κ2) is 9.32. The molecule has 1 aromatic rings. The van der Waals surface area contributed by atoms with Gasteiger partial charge >= 0.3 is 6.09 Å². The largest absolute Gasteiger partial charge is 0.450 e. The average Bonchev–Trinajstić information content (AvgIpc) is 3.04. The number of hydrogen-bond acceptors (Lipinski definition) is 6. The molecule has 0 radical (unpaired) electrons. The number of rotatable bonds is 4. The summed E-state index contributed by atoms with van der Waals surface area (Å²) in [5.74, 6) is -0.498. The standard InChI is InChI=1S/C24H31N3O5/c1-4-31-24(30)25-12-10-19(11-13-25)27-22(28)20(18-8-6-5-7-9-18)21(23(27)29)26-14-16(2)32-17(3)15-26/h5-9,16-17,19H,4,10-15H2,1-3H3. The van der Waals surface area contributed by atoms with Gasteiger partial charge in [0.15, 0.2) is 0 Å². The van der Waals surface area contributed by atoms with E-state index in [4.69, 9.17) is 9.47 Å². The van der Waals surface area contributed by atoms with Crippen molar-refractivity contribution in [3.05, 3.63) is 41.6 Å². The molecule has 8 nitrogen and oxygen atoms in total. The van der Waals surface area contributed by atoms with Gasteiger partial charge in [0.25, 0.3) is 11.8 Å². The third kappa shape index (κ3) is 4.24. The highest BCUT2D eigenvalue weighted by Crippen LogP contribution is 2.36. The topological polar surface area (TPSA) is 79.4 Å². The van der Waals surface area contributed by atoms with Crippen LogP contribution in [0.2, 0.25) is 0 Å². The summed E-state index contributed by atoms with van der Waals surface area (Å²) in [5.41, 5.74) is 1.68. The Balaban J connectivity index is 1.61. The number of morpholine rings is 1. The lowest BCUT2D eigenvalue weighted by molar-refractivity contribution is -0.141. The zero-order valence-corrected chi connectivity index (χ0v) is 19.0. The van der Waals surface area contributed by atoms with Crippen LogP contribution in [-0.4, -0.2) is 83.6 Å². The molecule has 0 saturated carbocycles. The molecule has 4 rings (SSSR count). The Morgan fingerprint density at radius 2 is 1.66 bits per heavy atom. The molecular weight excluding hydrogens is 410 g/mol. The molecule has 0 aromatic heterocycles. The summed E-state index contributed by atoms with van der Waals surface area (Å²) in [4.78, 5) is 44.4. The summed E-state index contributed by atoms with van der Waals surface area (Å²) in [5, 5.41) is 0. The zero-order chi connectivity index (χ0) is 22.8. The number of nitrogens with zero attached hydrogens (tertiary/aromatic N) is 3. The first-order valence-electron chi connectivity index (χ1n) is 11.4. The van der Waals surface area contributed by atoms with E-state index in [9.17, 15) is 14.4 Å². The van der Waals surface area contributed by atoms with E-state index >= 15 is 0 Å². The van der Waals surface area contributed by atoms with Crippen LogP contribution in [0.25, 0.3) is 5.57 Å². The van der Waals surface area contributed by atoms with Crippen molar-refractivity contribution < 1.29 is 23.9 Å². The summed E-state index contributed by atoms with van der Waals surface area (Å²) in [6.07, 6.45) is 0.675. The summed E-state index contributed by atoms with van der Waals surface area (Å²) >= 11 is 0. The number of likely N-dealkylation sites (tertiary alicyclic amines) is 1. The van der Waals surface area contributed by atoms with Crippen molar-refractivity contribution in [2.75, 3.05) is 32.8 Å². The fraction of sp³-hybridized carbons (Fsp3) is 0.542. The lowest BCUT2D eigenvalue weighted by atomic mass is 10.0. The second-order valence-corrected chi connectivity index (χ2v) is 8.65. The van der Waals surface area contributed by atoms with Crippen molar-refractivity contribution in [1.82, 2.24) is 14.7 Å². The molecule has 3 aliphatic rings. The predicted molar refractivity (Wildman–Crippen MR) is 118 cm³/mol. The molecule has 0 bridgehead atoms. The minimum atomic E-state index is -0.342. The van der Waals surface area contributed by atoms with Crippen LogP contribution in [0.4, 0.5) is 4.79 Å². The summed E-state index contributed by atoms with van der Waals surface area (Å²) in [7, 11) is 0. The Kier molecular flexibility index (Phi) is 6.50. The highest BCUT2D eigenvalue weighted by atomic mass is 16.6. The number of amides is 3. The van der Waals surface area contributed by atoms with E-state index in [1.54, 1.807) is 11.8 Å². The molecule has 2 fully saturated rings. The maximum atomic E-state index is 13.7. The van der Waals surface area contributed by atoms with Crippen molar-refractivity contribution in [3.63, 3.8) is 0 Å². The van der Waals surface area contributed by atoms with Gasteiger partial charge in [-0.15, -0.1) is 0 Å². The number of hydrogen-bond donors (Lipinski definition) is 0. The molecule has 3 amide bonds. The number of benzene rings is 1. The molecule has 32 heavy (non-hydrogen) atoms. The first-order chi connectivity index (χ1) is 15.4. The minimum Gasteiger partial charge on any atom is -0.450 e. The third-order valence-electron chi connectivity index (χ3n) is 6.24. The Morgan fingerprint density at radius 3 is 2.25 bits per heavy atom. The number of piperidine rings is 1. The number of carbonyl (C=O) groups is 3. The SMILES string of the molecule is CCOC(=O)N1CCC(N2C(=O)C(c3ccccc3)=C(N3CC(C)OC(C)C3)C2=O)CC1. The predicted octanol–water partition coefficient (Wildman–Crippen LogP) is 2.50. The van der Waals surface area contributed by atoms with Gasteiger partial charge in [0.05, 0.1) is 24.4 Å². The van der Waals surface area contributed by atoms with Gasteiger partial charge in [0, 0.05) is 32.2 Å². The molecule has 172 valence electrons. The fourth-order valence-electron chi connectivity index (χ4n) is 4.91. The van der Waals surface area contributed by atoms with Crippen molar-refractivity contribution in [2.24, 2.45) is 0 Å². The minimum absolute atomic E-state index is 0.0342. The van der Waals surface area contributed by atoms with E-state index in [1.807, 2.05) is 49.1 Å². The molecule has 3 heterocycles. The average molecular weight is 442 g/mol. The van der Waals surface area contributed by atoms with Crippen LogP contribution >= 0.6 is 0 Å². The van der Waals surface area contributed by atoms with Gasteiger partial charge in [-0.3, -0.25) is 14.5 Å². The van der Waals surface area contributed by atoms with Gasteiger partial charge in [-0.2, -0.15) is 0 Å². The highest BCUT2D eigenvalue weighted by Gasteiger charge is 2.46. The quantitative estimate of drug-likeness (QED) is 0.668. The van der Waals surface area contributed by atoms with Crippen LogP contribution in [-0.2, 0) is 19.1 Å². The van der Waals surface area contributed by atoms with Crippen LogP contribution in [0, 0.1) is 0 Å². The maximum absolute atomic E-state index is 13.7. The molecule has 2 unspecified atom stereocenters. The van der Waals surface area contributed by atoms with Gasteiger partial charge in [0.1, 0.15) is 5.70 Å². The van der Waals surface area contributed by atoms with Gasteiger partial charge in [-0.25, -0.2) is 4.79 Å². The number of ether oxygens (including phenoxy) is 2. The number of carbonyl (C=O) groups excluding carboxylic acids is 3. The summed E-state index contributed by atoms with van der Waals surface area (Å²) < 4.78 is 10.9. The van der Waals surface area contributed by atoms with Crippen molar-refractivity contribution in [3.8, 4) is 0 Å². The Bertz CT molecular complexity index is 897. The first kappa shape index (κ1) is 22.3. The van der Waals surface area contributed by atoms with Crippen molar-refractivity contribution >= 4 is 23.5 Å². The molecule has 2 saturated heterocycles. The first-order valence-corrected chi connectivity index (χ1v) is 11.4. The molecule has 0 N–H and O–H groups in total. The summed E-state index contributed by atoms with van der Waals surface area (Å²) in [6, 6.07) is 9.16. The molecule has 1 aromatic carbocycles. The Hall–Kier alpha value is -2.87. The lowest BCUT2D eigenvalue weighted by Crippen LogP contribution is -2.51. The van der Waals surface area contributed by atoms with Gasteiger partial charge in [-0.1, -0.05) is 30.3 Å². The molecule has 2 atom stereocenters. The molecule has 0 aliphatic carbocycles. The lowest BCUT2D eigenvalue weighted by Gasteiger charge is -2.38. The summed E-state index contributed by atoms with van der Waals surface area (Å²) in [6.45, 7) is 8.10. The highest BCUT2D eigenvalue weighted by molar-refractivity contribution is 6.35. The smallest absolute Gasteiger partial charge is 0.409 e. The molecule has 3 aliphatic heterocycles. The van der Waals surface area contributed by atoms with Crippen molar-refractivity contribution in [1.29, 1.82) is 0 Å². The molecule has 0 spiro atoms. The molecular formula is C24H31N3O5. The van der Waals surface area contributed by atoms with E-state index in [2.05, 4.69) is 0 Å². The number of imide groups is 1. The monoisotopic (exact) mass is 441 g/mol. The zero-order valence-electron chi connectivity index (χ0n) is 19.0. The van der Waals surface area contributed by atoms with Gasteiger partial charge in [0.2, 0.25) is 0 Å². The molecule has 8 heteroatoms. The van der Waals surface area contributed by atoms with Crippen LogP contribution in [0.1, 0.15) is 39.2 Å². The fourth-order valence-corrected chi connectivity index (χ4v) is 4.91. The van der Waals surface area contributed by atoms with E-state index in [1.165, 1.54) is 4.90 Å². The second-order valence-electron chi connectivity index (χ2n) is 8.65. The normalized spacial score (nSPS) is 25.0. The van der Waals surface area contributed by atoms with Crippen molar-refractivity contribution in [2.45, 2.75) is 51.9 Å².